The molecule has 0 spiro atoms. The summed E-state index contributed by atoms with van der Waals surface area (Å²) >= 11 is 0. The van der Waals surface area contributed by atoms with Crippen LogP contribution in [-0.2, 0) is 10.0 Å². The van der Waals surface area contributed by atoms with Crippen molar-refractivity contribution in [3.63, 3.8) is 0 Å². The fourth-order valence-electron chi connectivity index (χ4n) is 2.61. The minimum Gasteiger partial charge on any atom is -0.320 e. The van der Waals surface area contributed by atoms with Gasteiger partial charge in [0.15, 0.2) is 11.5 Å². The number of hydrogen-bond acceptors (Lipinski definition) is 4. The van der Waals surface area contributed by atoms with Crippen molar-refractivity contribution in [3.05, 3.63) is 53.6 Å². The molecule has 24 heavy (non-hydrogen) atoms. The summed E-state index contributed by atoms with van der Waals surface area (Å²) < 4.78 is 39.2. The van der Waals surface area contributed by atoms with Crippen LogP contribution in [0.15, 0.2) is 36.5 Å². The van der Waals surface area contributed by atoms with Crippen LogP contribution < -0.4 is 9.62 Å². The molecular weight excluding hydrogens is 333 g/mol. The lowest BCUT2D eigenvalue weighted by atomic mass is 10.1. The number of sulfonamides is 1. The molecule has 126 valence electrons. The van der Waals surface area contributed by atoms with Gasteiger partial charge in [0.25, 0.3) is 5.91 Å². The third kappa shape index (κ3) is 3.09. The molecule has 3 rings (SSSR count). The first-order valence-electron chi connectivity index (χ1n) is 7.41. The molecule has 1 fully saturated rings. The van der Waals surface area contributed by atoms with Crippen molar-refractivity contribution in [1.29, 1.82) is 0 Å². The monoisotopic (exact) mass is 349 g/mol. The number of pyridine rings is 1. The van der Waals surface area contributed by atoms with Gasteiger partial charge in [-0.2, -0.15) is 0 Å². The molecule has 0 aliphatic carbocycles. The minimum atomic E-state index is -3.32. The Kier molecular flexibility index (Phi) is 4.23. The highest BCUT2D eigenvalue weighted by molar-refractivity contribution is 7.93. The van der Waals surface area contributed by atoms with Gasteiger partial charge in [-0.3, -0.25) is 9.10 Å². The zero-order valence-electron chi connectivity index (χ0n) is 13.0. The summed E-state index contributed by atoms with van der Waals surface area (Å²) in [5.74, 6) is -1.29. The number of halogens is 1. The maximum Gasteiger partial charge on any atom is 0.277 e. The van der Waals surface area contributed by atoms with Gasteiger partial charge in [-0.15, -0.1) is 0 Å². The number of rotatable bonds is 3. The van der Waals surface area contributed by atoms with Gasteiger partial charge in [-0.1, -0.05) is 6.07 Å². The number of carbonyl (C=O) groups is 1. The van der Waals surface area contributed by atoms with Gasteiger partial charge in [0.1, 0.15) is 0 Å². The van der Waals surface area contributed by atoms with Crippen molar-refractivity contribution >= 4 is 27.3 Å². The molecule has 8 heteroatoms. The van der Waals surface area contributed by atoms with E-state index in [1.165, 1.54) is 16.6 Å². The zero-order valence-corrected chi connectivity index (χ0v) is 13.8. The van der Waals surface area contributed by atoms with Crippen molar-refractivity contribution in [1.82, 2.24) is 4.98 Å². The number of anilines is 2. The third-order valence-corrected chi connectivity index (χ3v) is 5.66. The van der Waals surface area contributed by atoms with Gasteiger partial charge >= 0.3 is 0 Å². The second-order valence-corrected chi connectivity index (χ2v) is 7.54. The highest BCUT2D eigenvalue weighted by atomic mass is 32.2. The molecule has 0 atom stereocenters. The molecule has 1 aliphatic heterocycles. The fourth-order valence-corrected chi connectivity index (χ4v) is 4.23. The summed E-state index contributed by atoms with van der Waals surface area (Å²) in [6, 6.07) is 7.48. The van der Waals surface area contributed by atoms with E-state index >= 15 is 0 Å². The lowest BCUT2D eigenvalue weighted by molar-refractivity contribution is 0.101. The molecule has 1 aromatic carbocycles. The van der Waals surface area contributed by atoms with Crippen LogP contribution >= 0.6 is 0 Å². The highest BCUT2D eigenvalue weighted by Gasteiger charge is 2.29. The molecule has 1 aromatic heterocycles. The average molecular weight is 349 g/mol. The number of aryl methyl sites for hydroxylation is 1. The average Bonchev–Trinajstić information content (AvgIpc) is 2.89. The summed E-state index contributed by atoms with van der Waals surface area (Å²) in [5, 5.41) is 2.55. The number of nitrogens with zero attached hydrogens (tertiary/aromatic N) is 2. The SMILES string of the molecule is Cc1ccc(NC(=O)c2ncccc2F)cc1N1CCCS1(=O)=O. The number of benzene rings is 1. The second-order valence-electron chi connectivity index (χ2n) is 5.53. The van der Waals surface area contributed by atoms with Crippen LogP contribution in [0.4, 0.5) is 15.8 Å². The van der Waals surface area contributed by atoms with Crippen LogP contribution in [-0.4, -0.2) is 31.6 Å². The summed E-state index contributed by atoms with van der Waals surface area (Å²) in [6.45, 7) is 2.21. The molecule has 0 unspecified atom stereocenters. The topological polar surface area (TPSA) is 79.4 Å². The van der Waals surface area contributed by atoms with E-state index in [4.69, 9.17) is 0 Å². The molecule has 2 heterocycles. The first-order valence-corrected chi connectivity index (χ1v) is 9.02. The van der Waals surface area contributed by atoms with E-state index in [0.29, 0.717) is 24.3 Å². The lowest BCUT2D eigenvalue weighted by Crippen LogP contribution is -2.26. The first-order chi connectivity index (χ1) is 11.4. The Balaban J connectivity index is 1.89. The maximum absolute atomic E-state index is 13.6. The number of hydrogen-bond donors (Lipinski definition) is 1. The van der Waals surface area contributed by atoms with Gasteiger partial charge < -0.3 is 5.32 Å². The standard InChI is InChI=1S/C16H16FN3O3S/c1-11-5-6-12(10-14(11)20-8-3-9-24(20,22)23)19-16(21)15-13(17)4-2-7-18-15/h2,4-7,10H,3,8-9H2,1H3,(H,19,21). The van der Waals surface area contributed by atoms with Crippen molar-refractivity contribution in [2.75, 3.05) is 21.9 Å². The van der Waals surface area contributed by atoms with Crippen LogP contribution in [0.5, 0.6) is 0 Å². The van der Waals surface area contributed by atoms with Gasteiger partial charge in [0.2, 0.25) is 10.0 Å². The van der Waals surface area contributed by atoms with E-state index in [2.05, 4.69) is 10.3 Å². The molecule has 6 nitrogen and oxygen atoms in total. The second kappa shape index (κ2) is 6.20. The van der Waals surface area contributed by atoms with Gasteiger partial charge in [-0.05, 0) is 43.2 Å². The van der Waals surface area contributed by atoms with E-state index < -0.39 is 21.7 Å². The molecule has 0 saturated carbocycles. The molecule has 1 amide bonds. The lowest BCUT2D eigenvalue weighted by Gasteiger charge is -2.20. The fraction of sp³-hybridized carbons (Fsp3) is 0.250. The normalized spacial score (nSPS) is 16.2. The Morgan fingerprint density at radius 2 is 2.12 bits per heavy atom. The van der Waals surface area contributed by atoms with Crippen molar-refractivity contribution in [3.8, 4) is 0 Å². The number of amides is 1. The first kappa shape index (κ1) is 16.4. The van der Waals surface area contributed by atoms with Crippen molar-refractivity contribution in [2.24, 2.45) is 0 Å². The Hall–Kier alpha value is -2.48. The summed E-state index contributed by atoms with van der Waals surface area (Å²) in [7, 11) is -3.32. The van der Waals surface area contributed by atoms with Crippen molar-refractivity contribution in [2.45, 2.75) is 13.3 Å². The van der Waals surface area contributed by atoms with Crippen LogP contribution in [0.3, 0.4) is 0 Å². The largest absolute Gasteiger partial charge is 0.320 e. The molecule has 0 bridgehead atoms. The summed E-state index contributed by atoms with van der Waals surface area (Å²) in [5.41, 5.74) is 1.37. The molecular formula is C16H16FN3O3S. The van der Waals surface area contributed by atoms with Crippen LogP contribution in [0.2, 0.25) is 0 Å². The molecule has 1 aliphatic rings. The number of carbonyl (C=O) groups excluding carboxylic acids is 1. The van der Waals surface area contributed by atoms with Gasteiger partial charge in [0, 0.05) is 18.4 Å². The highest BCUT2D eigenvalue weighted by Crippen LogP contribution is 2.30. The third-order valence-electron chi connectivity index (χ3n) is 3.81. The summed E-state index contributed by atoms with van der Waals surface area (Å²) in [4.78, 5) is 15.9. The number of aromatic nitrogens is 1. The predicted octanol–water partition coefficient (Wildman–Crippen LogP) is 2.32. The van der Waals surface area contributed by atoms with E-state index in [1.54, 1.807) is 25.1 Å². The Morgan fingerprint density at radius 3 is 2.79 bits per heavy atom. The quantitative estimate of drug-likeness (QED) is 0.922. The number of nitrogens with one attached hydrogen (secondary N) is 1. The maximum atomic E-state index is 13.6. The van der Waals surface area contributed by atoms with E-state index in [0.717, 1.165) is 11.6 Å². The van der Waals surface area contributed by atoms with Crippen LogP contribution in [0, 0.1) is 12.7 Å². The minimum absolute atomic E-state index is 0.113. The van der Waals surface area contributed by atoms with Gasteiger partial charge in [0.05, 0.1) is 11.4 Å². The van der Waals surface area contributed by atoms with Crippen LogP contribution in [0.25, 0.3) is 0 Å². The Bertz CT molecular complexity index is 899. The van der Waals surface area contributed by atoms with Gasteiger partial charge in [-0.25, -0.2) is 17.8 Å². The summed E-state index contributed by atoms with van der Waals surface area (Å²) in [6.07, 6.45) is 1.90. The Morgan fingerprint density at radius 1 is 1.33 bits per heavy atom. The van der Waals surface area contributed by atoms with Crippen LogP contribution in [0.1, 0.15) is 22.5 Å². The molecule has 1 N–H and O–H groups in total. The molecule has 2 aromatic rings. The van der Waals surface area contributed by atoms with E-state index in [-0.39, 0.29) is 11.4 Å². The molecule has 1 saturated heterocycles. The van der Waals surface area contributed by atoms with Crippen molar-refractivity contribution < 1.29 is 17.6 Å². The molecule has 0 radical (unpaired) electrons. The van der Waals surface area contributed by atoms with E-state index in [1.807, 2.05) is 0 Å². The zero-order chi connectivity index (χ0) is 17.3. The van der Waals surface area contributed by atoms with E-state index in [9.17, 15) is 17.6 Å². The Labute approximate surface area is 139 Å². The predicted molar refractivity (Wildman–Crippen MR) is 89.1 cm³/mol. The smallest absolute Gasteiger partial charge is 0.277 e.